The van der Waals surface area contributed by atoms with Crippen molar-refractivity contribution in [2.75, 3.05) is 20.6 Å². The van der Waals surface area contributed by atoms with Crippen LogP contribution >= 0.6 is 0 Å². The van der Waals surface area contributed by atoms with Gasteiger partial charge in [0.1, 0.15) is 6.54 Å². The molecule has 0 saturated heterocycles. The molecular formula is C22H34N4O. The first kappa shape index (κ1) is 19.7. The van der Waals surface area contributed by atoms with Crippen molar-refractivity contribution < 1.29 is 4.79 Å². The number of hydrogen-bond acceptors (Lipinski definition) is 2. The number of guanidine groups is 1. The molecule has 1 amide bonds. The van der Waals surface area contributed by atoms with Crippen molar-refractivity contribution in [3.05, 3.63) is 35.9 Å². The Morgan fingerprint density at radius 2 is 1.56 bits per heavy atom. The molecule has 0 unspecified atom stereocenters. The van der Waals surface area contributed by atoms with Gasteiger partial charge in [0, 0.05) is 26.2 Å². The average Bonchev–Trinajstić information content (AvgIpc) is 3.20. The van der Waals surface area contributed by atoms with E-state index in [1.165, 1.54) is 44.1 Å². The largest absolute Gasteiger partial charge is 0.354 e. The molecule has 2 saturated carbocycles. The van der Waals surface area contributed by atoms with Crippen LogP contribution < -0.4 is 10.6 Å². The van der Waals surface area contributed by atoms with E-state index in [-0.39, 0.29) is 12.5 Å². The Kier molecular flexibility index (Phi) is 7.13. The van der Waals surface area contributed by atoms with Crippen LogP contribution in [0.5, 0.6) is 0 Å². The molecule has 2 aliphatic rings. The van der Waals surface area contributed by atoms with Gasteiger partial charge in [-0.2, -0.15) is 0 Å². The van der Waals surface area contributed by atoms with Crippen LogP contribution in [0.1, 0.15) is 62.8 Å². The molecule has 5 nitrogen and oxygen atoms in total. The molecule has 0 atom stereocenters. The molecule has 2 aliphatic carbocycles. The molecule has 1 aromatic rings. The zero-order valence-corrected chi connectivity index (χ0v) is 16.8. The van der Waals surface area contributed by atoms with Gasteiger partial charge < -0.3 is 15.5 Å². The maximum Gasteiger partial charge on any atom is 0.243 e. The van der Waals surface area contributed by atoms with Gasteiger partial charge in [0.2, 0.25) is 5.91 Å². The van der Waals surface area contributed by atoms with E-state index in [9.17, 15) is 4.79 Å². The molecule has 5 heteroatoms. The minimum absolute atomic E-state index is 0.0373. The van der Waals surface area contributed by atoms with Gasteiger partial charge in [-0.15, -0.1) is 0 Å². The van der Waals surface area contributed by atoms with Crippen LogP contribution in [-0.4, -0.2) is 49.5 Å². The third-order valence-electron chi connectivity index (χ3n) is 5.91. The lowest BCUT2D eigenvalue weighted by molar-refractivity contribution is -0.127. The van der Waals surface area contributed by atoms with E-state index < -0.39 is 0 Å². The van der Waals surface area contributed by atoms with Crippen LogP contribution in [0, 0.1) is 0 Å². The fourth-order valence-corrected chi connectivity index (χ4v) is 4.17. The third-order valence-corrected chi connectivity index (χ3v) is 5.91. The van der Waals surface area contributed by atoms with E-state index >= 15 is 0 Å². The molecule has 27 heavy (non-hydrogen) atoms. The lowest BCUT2D eigenvalue weighted by Crippen LogP contribution is -2.48. The van der Waals surface area contributed by atoms with Gasteiger partial charge in [0.05, 0.1) is 0 Å². The van der Waals surface area contributed by atoms with Gasteiger partial charge in [-0.1, -0.05) is 43.2 Å². The first-order chi connectivity index (χ1) is 13.1. The number of carbonyl (C=O) groups is 1. The SMILES string of the molecule is CN(C)C(=O)CN=C(NC1CCCC1)NC1CCC(c2ccccc2)CC1. The number of hydrogen-bond donors (Lipinski definition) is 2. The first-order valence-corrected chi connectivity index (χ1v) is 10.4. The summed E-state index contributed by atoms with van der Waals surface area (Å²) in [5.41, 5.74) is 1.46. The normalized spacial score (nSPS) is 23.9. The van der Waals surface area contributed by atoms with Crippen molar-refractivity contribution in [3.8, 4) is 0 Å². The summed E-state index contributed by atoms with van der Waals surface area (Å²) in [6, 6.07) is 11.8. The highest BCUT2D eigenvalue weighted by Crippen LogP contribution is 2.32. The summed E-state index contributed by atoms with van der Waals surface area (Å²) in [7, 11) is 3.56. The van der Waals surface area contributed by atoms with Crippen LogP contribution in [0.4, 0.5) is 0 Å². The molecule has 1 aromatic carbocycles. The number of likely N-dealkylation sites (N-methyl/N-ethyl adjacent to an activating group) is 1. The minimum Gasteiger partial charge on any atom is -0.354 e. The Morgan fingerprint density at radius 1 is 0.963 bits per heavy atom. The highest BCUT2D eigenvalue weighted by molar-refractivity contribution is 5.85. The maximum absolute atomic E-state index is 11.9. The van der Waals surface area contributed by atoms with Gasteiger partial charge in [0.15, 0.2) is 5.96 Å². The van der Waals surface area contributed by atoms with Crippen molar-refractivity contribution >= 4 is 11.9 Å². The van der Waals surface area contributed by atoms with E-state index in [1.807, 2.05) is 0 Å². The van der Waals surface area contributed by atoms with Crippen LogP contribution in [0.25, 0.3) is 0 Å². The van der Waals surface area contributed by atoms with Crippen molar-refractivity contribution in [2.24, 2.45) is 4.99 Å². The zero-order chi connectivity index (χ0) is 19.1. The predicted octanol–water partition coefficient (Wildman–Crippen LogP) is 3.28. The summed E-state index contributed by atoms with van der Waals surface area (Å²) in [6.07, 6.45) is 9.66. The number of amides is 1. The Balaban J connectivity index is 1.55. The fraction of sp³-hybridized carbons (Fsp3) is 0.636. The highest BCUT2D eigenvalue weighted by Gasteiger charge is 2.24. The number of nitrogens with one attached hydrogen (secondary N) is 2. The first-order valence-electron chi connectivity index (χ1n) is 10.4. The number of aliphatic imine (C=N–C) groups is 1. The smallest absolute Gasteiger partial charge is 0.243 e. The van der Waals surface area contributed by atoms with E-state index in [2.05, 4.69) is 46.0 Å². The number of benzene rings is 1. The summed E-state index contributed by atoms with van der Waals surface area (Å²) in [5, 5.41) is 7.19. The zero-order valence-electron chi connectivity index (χ0n) is 16.8. The fourth-order valence-electron chi connectivity index (χ4n) is 4.17. The van der Waals surface area contributed by atoms with Crippen LogP contribution in [0.2, 0.25) is 0 Å². The number of nitrogens with zero attached hydrogens (tertiary/aromatic N) is 2. The van der Waals surface area contributed by atoms with Gasteiger partial charge in [0.25, 0.3) is 0 Å². The molecule has 2 N–H and O–H groups in total. The lowest BCUT2D eigenvalue weighted by Gasteiger charge is -2.31. The summed E-state index contributed by atoms with van der Waals surface area (Å²) < 4.78 is 0. The third kappa shape index (κ3) is 5.98. The van der Waals surface area contributed by atoms with Gasteiger partial charge in [-0.3, -0.25) is 4.79 Å². The topological polar surface area (TPSA) is 56.7 Å². The predicted molar refractivity (Wildman–Crippen MR) is 111 cm³/mol. The van der Waals surface area contributed by atoms with E-state index in [1.54, 1.807) is 19.0 Å². The van der Waals surface area contributed by atoms with Crippen molar-refractivity contribution in [1.29, 1.82) is 0 Å². The van der Waals surface area contributed by atoms with E-state index in [0.29, 0.717) is 18.0 Å². The lowest BCUT2D eigenvalue weighted by atomic mass is 9.82. The molecule has 0 spiro atoms. The van der Waals surface area contributed by atoms with Crippen LogP contribution in [-0.2, 0) is 4.79 Å². The van der Waals surface area contributed by atoms with Crippen molar-refractivity contribution in [2.45, 2.75) is 69.4 Å². The molecule has 0 aliphatic heterocycles. The minimum atomic E-state index is 0.0373. The molecule has 0 bridgehead atoms. The average molecular weight is 371 g/mol. The molecular weight excluding hydrogens is 336 g/mol. The van der Waals surface area contributed by atoms with Gasteiger partial charge >= 0.3 is 0 Å². The second-order valence-corrected chi connectivity index (χ2v) is 8.18. The second-order valence-electron chi connectivity index (χ2n) is 8.18. The second kappa shape index (κ2) is 9.77. The Morgan fingerprint density at radius 3 is 2.15 bits per heavy atom. The van der Waals surface area contributed by atoms with Crippen LogP contribution in [0.15, 0.2) is 35.3 Å². The Labute approximate surface area is 163 Å². The molecule has 3 rings (SSSR count). The summed E-state index contributed by atoms with van der Waals surface area (Å²) in [6.45, 7) is 0.203. The summed E-state index contributed by atoms with van der Waals surface area (Å²) >= 11 is 0. The molecule has 0 aromatic heterocycles. The van der Waals surface area contributed by atoms with Crippen molar-refractivity contribution in [3.63, 3.8) is 0 Å². The standard InChI is InChI=1S/C22H34N4O/c1-26(2)21(27)16-23-22(24-19-10-6-7-11-19)25-20-14-12-18(13-15-20)17-8-4-3-5-9-17/h3-5,8-9,18-20H,6-7,10-16H2,1-2H3,(H2,23,24,25). The van der Waals surface area contributed by atoms with Crippen LogP contribution in [0.3, 0.4) is 0 Å². The summed E-state index contributed by atoms with van der Waals surface area (Å²) in [5.74, 6) is 1.53. The Hall–Kier alpha value is -2.04. The van der Waals surface area contributed by atoms with Crippen molar-refractivity contribution in [1.82, 2.24) is 15.5 Å². The molecule has 0 radical (unpaired) electrons. The highest BCUT2D eigenvalue weighted by atomic mass is 16.2. The quantitative estimate of drug-likeness (QED) is 0.618. The molecule has 148 valence electrons. The number of carbonyl (C=O) groups excluding carboxylic acids is 1. The monoisotopic (exact) mass is 370 g/mol. The maximum atomic E-state index is 11.9. The van der Waals surface area contributed by atoms with Gasteiger partial charge in [-0.25, -0.2) is 4.99 Å². The van der Waals surface area contributed by atoms with E-state index in [4.69, 9.17) is 0 Å². The Bertz CT molecular complexity index is 614. The molecule has 2 fully saturated rings. The van der Waals surface area contributed by atoms with E-state index in [0.717, 1.165) is 18.8 Å². The number of rotatable bonds is 5. The molecule has 0 heterocycles. The summed E-state index contributed by atoms with van der Waals surface area (Å²) in [4.78, 5) is 18.1. The van der Waals surface area contributed by atoms with Gasteiger partial charge in [-0.05, 0) is 50.0 Å².